The van der Waals surface area contributed by atoms with Crippen LogP contribution in [0.5, 0.6) is 0 Å². The fraction of sp³-hybridized carbons (Fsp3) is 0.412. The Labute approximate surface area is 146 Å². The molecule has 1 unspecified atom stereocenters. The Morgan fingerprint density at radius 2 is 2.20 bits per heavy atom. The van der Waals surface area contributed by atoms with Gasteiger partial charge in [0, 0.05) is 32.5 Å². The SMILES string of the molecule is Cn1cnc(CNC(=O)N2CCCC(C(=O)Nc3ccccn3)C2)c1. The number of aryl methyl sites for hydroxylation is 1. The van der Waals surface area contributed by atoms with Gasteiger partial charge in [-0.25, -0.2) is 14.8 Å². The highest BCUT2D eigenvalue weighted by molar-refractivity contribution is 5.92. The molecule has 0 aromatic carbocycles. The lowest BCUT2D eigenvalue weighted by molar-refractivity contribution is -0.121. The molecule has 8 nitrogen and oxygen atoms in total. The summed E-state index contributed by atoms with van der Waals surface area (Å²) in [5, 5.41) is 5.67. The Morgan fingerprint density at radius 1 is 1.32 bits per heavy atom. The first-order valence-corrected chi connectivity index (χ1v) is 8.33. The molecule has 1 aliphatic rings. The number of pyridine rings is 1. The number of piperidine rings is 1. The maximum Gasteiger partial charge on any atom is 0.317 e. The molecule has 3 rings (SSSR count). The quantitative estimate of drug-likeness (QED) is 0.878. The van der Waals surface area contributed by atoms with E-state index in [0.29, 0.717) is 25.5 Å². The van der Waals surface area contributed by atoms with Crippen LogP contribution in [0.4, 0.5) is 10.6 Å². The van der Waals surface area contributed by atoms with E-state index in [4.69, 9.17) is 0 Å². The van der Waals surface area contributed by atoms with Crippen molar-refractivity contribution in [1.82, 2.24) is 24.8 Å². The number of carbonyl (C=O) groups is 2. The molecule has 25 heavy (non-hydrogen) atoms. The van der Waals surface area contributed by atoms with E-state index in [1.165, 1.54) is 0 Å². The normalized spacial score (nSPS) is 17.2. The summed E-state index contributed by atoms with van der Waals surface area (Å²) in [5.74, 6) is 0.210. The average molecular weight is 342 g/mol. The molecule has 1 saturated heterocycles. The number of carbonyl (C=O) groups excluding carboxylic acids is 2. The minimum Gasteiger partial charge on any atom is -0.340 e. The summed E-state index contributed by atoms with van der Waals surface area (Å²) in [5.41, 5.74) is 0.803. The summed E-state index contributed by atoms with van der Waals surface area (Å²) in [4.78, 5) is 34.7. The number of likely N-dealkylation sites (tertiary alicyclic amines) is 1. The van der Waals surface area contributed by atoms with Crippen molar-refractivity contribution in [2.45, 2.75) is 19.4 Å². The van der Waals surface area contributed by atoms with Crippen molar-refractivity contribution in [2.24, 2.45) is 13.0 Å². The van der Waals surface area contributed by atoms with Gasteiger partial charge in [0.05, 0.1) is 24.5 Å². The van der Waals surface area contributed by atoms with Crippen molar-refractivity contribution in [2.75, 3.05) is 18.4 Å². The highest BCUT2D eigenvalue weighted by Crippen LogP contribution is 2.18. The van der Waals surface area contributed by atoms with Crippen molar-refractivity contribution >= 4 is 17.8 Å². The third kappa shape index (κ3) is 4.56. The lowest BCUT2D eigenvalue weighted by Crippen LogP contribution is -2.47. The fourth-order valence-corrected chi connectivity index (χ4v) is 2.88. The van der Waals surface area contributed by atoms with E-state index < -0.39 is 0 Å². The first-order valence-electron chi connectivity index (χ1n) is 8.33. The predicted molar refractivity (Wildman–Crippen MR) is 92.6 cm³/mol. The molecular weight excluding hydrogens is 320 g/mol. The standard InChI is InChI=1S/C17H22N6O2/c1-22-11-14(20-12-22)9-19-17(25)23-8-4-5-13(10-23)16(24)21-15-6-2-3-7-18-15/h2-3,6-7,11-13H,4-5,8-10H2,1H3,(H,19,25)(H,18,21,24). The molecule has 1 aliphatic heterocycles. The van der Waals surface area contributed by atoms with E-state index in [1.807, 2.05) is 23.9 Å². The topological polar surface area (TPSA) is 92.2 Å². The zero-order valence-electron chi connectivity index (χ0n) is 14.2. The van der Waals surface area contributed by atoms with Gasteiger partial charge in [0.25, 0.3) is 0 Å². The molecule has 0 bridgehead atoms. The molecule has 0 spiro atoms. The number of anilines is 1. The van der Waals surface area contributed by atoms with Crippen LogP contribution in [0.2, 0.25) is 0 Å². The molecule has 2 aromatic rings. The van der Waals surface area contributed by atoms with Gasteiger partial charge in [0.1, 0.15) is 5.82 Å². The number of nitrogens with zero attached hydrogens (tertiary/aromatic N) is 4. The third-order valence-electron chi connectivity index (χ3n) is 4.17. The lowest BCUT2D eigenvalue weighted by atomic mass is 9.97. The average Bonchev–Trinajstić information content (AvgIpc) is 3.06. The minimum atomic E-state index is -0.226. The van der Waals surface area contributed by atoms with Crippen molar-refractivity contribution in [1.29, 1.82) is 0 Å². The fourth-order valence-electron chi connectivity index (χ4n) is 2.88. The molecule has 132 valence electrons. The molecule has 0 aliphatic carbocycles. The van der Waals surface area contributed by atoms with E-state index in [0.717, 1.165) is 18.5 Å². The maximum atomic E-state index is 12.4. The van der Waals surface area contributed by atoms with E-state index in [1.54, 1.807) is 29.6 Å². The molecule has 1 atom stereocenters. The van der Waals surface area contributed by atoms with Crippen molar-refractivity contribution in [3.05, 3.63) is 42.6 Å². The van der Waals surface area contributed by atoms with E-state index in [2.05, 4.69) is 20.6 Å². The Morgan fingerprint density at radius 3 is 2.92 bits per heavy atom. The first kappa shape index (κ1) is 16.9. The maximum absolute atomic E-state index is 12.4. The molecule has 3 amide bonds. The van der Waals surface area contributed by atoms with Gasteiger partial charge in [-0.15, -0.1) is 0 Å². The number of hydrogen-bond donors (Lipinski definition) is 2. The van der Waals surface area contributed by atoms with Crippen LogP contribution in [-0.2, 0) is 18.4 Å². The Kier molecular flexibility index (Phi) is 5.27. The van der Waals surface area contributed by atoms with E-state index in [9.17, 15) is 9.59 Å². The Hall–Kier alpha value is -2.90. The molecule has 2 N–H and O–H groups in total. The summed E-state index contributed by atoms with van der Waals surface area (Å²) >= 11 is 0. The number of rotatable bonds is 4. The molecule has 0 saturated carbocycles. The summed E-state index contributed by atoms with van der Waals surface area (Å²) in [6.45, 7) is 1.44. The summed E-state index contributed by atoms with van der Waals surface area (Å²) in [6, 6.07) is 5.20. The predicted octanol–water partition coefficient (Wildman–Crippen LogP) is 1.38. The van der Waals surface area contributed by atoms with Crippen LogP contribution in [0.15, 0.2) is 36.9 Å². The van der Waals surface area contributed by atoms with Gasteiger partial charge in [-0.2, -0.15) is 0 Å². The Balaban J connectivity index is 1.51. The lowest BCUT2D eigenvalue weighted by Gasteiger charge is -2.31. The smallest absolute Gasteiger partial charge is 0.317 e. The number of nitrogens with one attached hydrogen (secondary N) is 2. The number of aromatic nitrogens is 3. The van der Waals surface area contributed by atoms with Gasteiger partial charge in [-0.1, -0.05) is 6.07 Å². The molecule has 8 heteroatoms. The summed E-state index contributed by atoms with van der Waals surface area (Å²) in [6.07, 6.45) is 6.76. The highest BCUT2D eigenvalue weighted by atomic mass is 16.2. The second-order valence-corrected chi connectivity index (χ2v) is 6.18. The molecule has 3 heterocycles. The van der Waals surface area contributed by atoms with Gasteiger partial charge < -0.3 is 20.1 Å². The molecular formula is C17H22N6O2. The second kappa shape index (κ2) is 7.78. The summed E-state index contributed by atoms with van der Waals surface area (Å²) < 4.78 is 1.83. The number of urea groups is 1. The van der Waals surface area contributed by atoms with Gasteiger partial charge in [-0.3, -0.25) is 4.79 Å². The first-order chi connectivity index (χ1) is 12.1. The van der Waals surface area contributed by atoms with Crippen molar-refractivity contribution < 1.29 is 9.59 Å². The van der Waals surface area contributed by atoms with Crippen LogP contribution in [0, 0.1) is 5.92 Å². The van der Waals surface area contributed by atoms with Crippen molar-refractivity contribution in [3.63, 3.8) is 0 Å². The van der Waals surface area contributed by atoms with E-state index in [-0.39, 0.29) is 17.9 Å². The largest absolute Gasteiger partial charge is 0.340 e. The van der Waals surface area contributed by atoms with Crippen LogP contribution < -0.4 is 10.6 Å². The van der Waals surface area contributed by atoms with Gasteiger partial charge >= 0.3 is 6.03 Å². The van der Waals surface area contributed by atoms with Crippen molar-refractivity contribution in [3.8, 4) is 0 Å². The zero-order valence-corrected chi connectivity index (χ0v) is 14.2. The van der Waals surface area contributed by atoms with E-state index >= 15 is 0 Å². The Bertz CT molecular complexity index is 730. The number of hydrogen-bond acceptors (Lipinski definition) is 4. The number of amides is 3. The van der Waals surface area contributed by atoms with Crippen LogP contribution in [0.1, 0.15) is 18.5 Å². The van der Waals surface area contributed by atoms with Gasteiger partial charge in [-0.05, 0) is 25.0 Å². The van der Waals surface area contributed by atoms with Gasteiger partial charge in [0.2, 0.25) is 5.91 Å². The molecule has 1 fully saturated rings. The van der Waals surface area contributed by atoms with Crippen LogP contribution in [0.3, 0.4) is 0 Å². The van der Waals surface area contributed by atoms with Crippen LogP contribution >= 0.6 is 0 Å². The van der Waals surface area contributed by atoms with Gasteiger partial charge in [0.15, 0.2) is 0 Å². The third-order valence-corrected chi connectivity index (χ3v) is 4.17. The molecule has 2 aromatic heterocycles. The monoisotopic (exact) mass is 342 g/mol. The zero-order chi connectivity index (χ0) is 17.6. The second-order valence-electron chi connectivity index (χ2n) is 6.18. The summed E-state index contributed by atoms with van der Waals surface area (Å²) in [7, 11) is 1.88. The highest BCUT2D eigenvalue weighted by Gasteiger charge is 2.28. The number of imidazole rings is 1. The van der Waals surface area contributed by atoms with Crippen LogP contribution in [-0.4, -0.2) is 44.5 Å². The minimum absolute atomic E-state index is 0.0964. The molecule has 0 radical (unpaired) electrons. The van der Waals surface area contributed by atoms with Crippen LogP contribution in [0.25, 0.3) is 0 Å².